The van der Waals surface area contributed by atoms with Gasteiger partial charge in [0.1, 0.15) is 9.84 Å². The van der Waals surface area contributed by atoms with E-state index < -0.39 is 63.5 Å². The third-order valence-electron chi connectivity index (χ3n) is 7.65. The van der Waals surface area contributed by atoms with Crippen LogP contribution in [-0.2, 0) is 21.2 Å². The molecule has 0 bridgehead atoms. The predicted molar refractivity (Wildman–Crippen MR) is 152 cm³/mol. The summed E-state index contributed by atoms with van der Waals surface area (Å²) in [6.45, 7) is 0.828. The Morgan fingerprint density at radius 3 is 2.28 bits per heavy atom. The van der Waals surface area contributed by atoms with Gasteiger partial charge in [-0.25, -0.2) is 17.2 Å². The topological polar surface area (TPSA) is 125 Å². The van der Waals surface area contributed by atoms with Crippen LogP contribution in [0, 0.1) is 11.6 Å². The Kier molecular flexibility index (Phi) is 9.89. The molecule has 0 radical (unpaired) electrons. The van der Waals surface area contributed by atoms with Crippen molar-refractivity contribution in [1.29, 1.82) is 0 Å². The van der Waals surface area contributed by atoms with Crippen molar-refractivity contribution >= 4 is 44.6 Å². The maximum Gasteiger partial charge on any atom is 0.390 e. The highest BCUT2D eigenvalue weighted by atomic mass is 35.5. The van der Waals surface area contributed by atoms with Crippen LogP contribution in [0.25, 0.3) is 0 Å². The van der Waals surface area contributed by atoms with Gasteiger partial charge < -0.3 is 21.3 Å². The fourth-order valence-corrected chi connectivity index (χ4v) is 6.66. The second-order valence-corrected chi connectivity index (χ2v) is 13.4. The average molecular weight is 652 g/mol. The van der Waals surface area contributed by atoms with E-state index in [1.54, 1.807) is 11.0 Å². The molecule has 2 heterocycles. The fraction of sp³-hybridized carbons (Fsp3) is 0.481. The van der Waals surface area contributed by atoms with E-state index in [1.165, 1.54) is 12.1 Å². The summed E-state index contributed by atoms with van der Waals surface area (Å²) < 4.78 is 91.0. The molecule has 43 heavy (non-hydrogen) atoms. The SMILES string of the molecule is NC1(C(=O)NCc2ccc(C(=O)Nc3ccc(Cl)cc3N3CCN(CCC(F)(F)F)CC3)c(F)c2F)CCS(=O)(=O)CC1. The van der Waals surface area contributed by atoms with E-state index >= 15 is 4.39 Å². The summed E-state index contributed by atoms with van der Waals surface area (Å²) in [4.78, 5) is 29.1. The molecule has 2 aliphatic rings. The van der Waals surface area contributed by atoms with Crippen LogP contribution in [0.5, 0.6) is 0 Å². The molecule has 2 saturated heterocycles. The number of nitrogens with zero attached hydrogens (tertiary/aromatic N) is 2. The van der Waals surface area contributed by atoms with Gasteiger partial charge in [-0.15, -0.1) is 0 Å². The summed E-state index contributed by atoms with van der Waals surface area (Å²) in [7, 11) is -3.28. The van der Waals surface area contributed by atoms with Crippen LogP contribution >= 0.6 is 11.6 Å². The quantitative estimate of drug-likeness (QED) is 0.374. The molecular formula is C27H31ClF5N5O4S. The van der Waals surface area contributed by atoms with Crippen LogP contribution in [-0.4, -0.2) is 81.1 Å². The molecule has 2 aromatic carbocycles. The molecule has 0 atom stereocenters. The minimum atomic E-state index is -4.25. The molecule has 16 heteroatoms. The first-order valence-corrected chi connectivity index (χ1v) is 15.7. The Bertz CT molecular complexity index is 1470. The zero-order valence-electron chi connectivity index (χ0n) is 22.9. The van der Waals surface area contributed by atoms with Crippen molar-refractivity contribution in [1.82, 2.24) is 10.2 Å². The summed E-state index contributed by atoms with van der Waals surface area (Å²) in [5.41, 5.74) is 4.48. The van der Waals surface area contributed by atoms with Crippen LogP contribution in [0.3, 0.4) is 0 Å². The lowest BCUT2D eigenvalue weighted by atomic mass is 9.92. The number of nitrogens with one attached hydrogen (secondary N) is 2. The smallest absolute Gasteiger partial charge is 0.367 e. The third-order valence-corrected chi connectivity index (χ3v) is 9.54. The molecule has 2 aliphatic heterocycles. The van der Waals surface area contributed by atoms with Gasteiger partial charge in [-0.3, -0.25) is 14.5 Å². The number of piperazine rings is 1. The lowest BCUT2D eigenvalue weighted by Crippen LogP contribution is -2.57. The molecule has 9 nitrogen and oxygen atoms in total. The van der Waals surface area contributed by atoms with E-state index in [0.717, 1.165) is 12.1 Å². The number of carbonyl (C=O) groups excluding carboxylic acids is 2. The van der Waals surface area contributed by atoms with Crippen molar-refractivity contribution in [2.75, 3.05) is 54.4 Å². The summed E-state index contributed by atoms with van der Waals surface area (Å²) in [5.74, 6) is -4.95. The Morgan fingerprint density at radius 2 is 1.65 bits per heavy atom. The summed E-state index contributed by atoms with van der Waals surface area (Å²) in [6.07, 6.45) is -5.37. The number of sulfone groups is 1. The normalized spacial score (nSPS) is 18.7. The van der Waals surface area contributed by atoms with Crippen molar-refractivity contribution < 1.29 is 40.0 Å². The van der Waals surface area contributed by atoms with Gasteiger partial charge in [0.25, 0.3) is 5.91 Å². The van der Waals surface area contributed by atoms with Gasteiger partial charge in [0.05, 0.1) is 40.4 Å². The number of halogens is 6. The largest absolute Gasteiger partial charge is 0.390 e. The molecule has 0 aliphatic carbocycles. The number of alkyl halides is 3. The fourth-order valence-electron chi connectivity index (χ4n) is 4.94. The maximum absolute atomic E-state index is 15.0. The highest BCUT2D eigenvalue weighted by Gasteiger charge is 2.40. The molecule has 0 saturated carbocycles. The maximum atomic E-state index is 15.0. The molecular weight excluding hydrogens is 621 g/mol. The highest BCUT2D eigenvalue weighted by molar-refractivity contribution is 7.91. The van der Waals surface area contributed by atoms with Crippen molar-refractivity contribution in [2.45, 2.75) is 37.5 Å². The van der Waals surface area contributed by atoms with E-state index in [9.17, 15) is 35.6 Å². The second-order valence-electron chi connectivity index (χ2n) is 10.7. The number of rotatable bonds is 8. The molecule has 2 aromatic rings. The van der Waals surface area contributed by atoms with Crippen LogP contribution in [0.15, 0.2) is 30.3 Å². The van der Waals surface area contributed by atoms with Gasteiger partial charge in [-0.2, -0.15) is 13.2 Å². The molecule has 0 spiro atoms. The van der Waals surface area contributed by atoms with Crippen molar-refractivity contribution in [3.8, 4) is 0 Å². The number of nitrogens with two attached hydrogens (primary N) is 1. The molecule has 2 fully saturated rings. The van der Waals surface area contributed by atoms with Crippen LogP contribution in [0.2, 0.25) is 5.02 Å². The van der Waals surface area contributed by atoms with Crippen LogP contribution in [0.4, 0.5) is 33.3 Å². The highest BCUT2D eigenvalue weighted by Crippen LogP contribution is 2.32. The van der Waals surface area contributed by atoms with Crippen molar-refractivity contribution in [2.24, 2.45) is 5.73 Å². The van der Waals surface area contributed by atoms with E-state index in [0.29, 0.717) is 36.9 Å². The van der Waals surface area contributed by atoms with Gasteiger partial charge in [0.15, 0.2) is 11.6 Å². The van der Waals surface area contributed by atoms with Gasteiger partial charge in [-0.05, 0) is 37.1 Å². The first-order chi connectivity index (χ1) is 20.1. The number of carbonyl (C=O) groups is 2. The minimum Gasteiger partial charge on any atom is -0.367 e. The van der Waals surface area contributed by atoms with Gasteiger partial charge in [-0.1, -0.05) is 17.7 Å². The first kappa shape index (κ1) is 32.9. The Hall–Kier alpha value is -3.01. The average Bonchev–Trinajstić information content (AvgIpc) is 2.95. The number of anilines is 2. The summed E-state index contributed by atoms with van der Waals surface area (Å²) in [6, 6.07) is 6.76. The van der Waals surface area contributed by atoms with E-state index in [4.69, 9.17) is 17.3 Å². The molecule has 0 unspecified atom stereocenters. The second kappa shape index (κ2) is 12.9. The number of hydrogen-bond acceptors (Lipinski definition) is 7. The first-order valence-electron chi connectivity index (χ1n) is 13.5. The van der Waals surface area contributed by atoms with Crippen LogP contribution in [0.1, 0.15) is 35.2 Å². The Balaban J connectivity index is 1.41. The number of amides is 2. The Morgan fingerprint density at radius 1 is 1.00 bits per heavy atom. The zero-order chi connectivity index (χ0) is 31.6. The molecule has 236 valence electrons. The van der Waals surface area contributed by atoms with Gasteiger partial charge in [0.2, 0.25) is 5.91 Å². The lowest BCUT2D eigenvalue weighted by molar-refractivity contribution is -0.138. The lowest BCUT2D eigenvalue weighted by Gasteiger charge is -2.37. The molecule has 4 rings (SSSR count). The Labute approximate surface area is 250 Å². The van der Waals surface area contributed by atoms with E-state index in [1.807, 2.05) is 4.90 Å². The molecule has 2 amide bonds. The van der Waals surface area contributed by atoms with Crippen molar-refractivity contribution in [3.05, 3.63) is 58.1 Å². The number of hydrogen-bond donors (Lipinski definition) is 3. The van der Waals surface area contributed by atoms with Crippen LogP contribution < -0.4 is 21.3 Å². The number of benzene rings is 2. The monoisotopic (exact) mass is 651 g/mol. The van der Waals surface area contributed by atoms with Gasteiger partial charge >= 0.3 is 6.18 Å². The third kappa shape index (κ3) is 8.34. The van der Waals surface area contributed by atoms with E-state index in [2.05, 4.69) is 10.6 Å². The minimum absolute atomic E-state index is 0.0997. The van der Waals surface area contributed by atoms with Gasteiger partial charge in [0, 0.05) is 49.9 Å². The standard InChI is InChI=1S/C27H31ClF5N5O4S/c28-18-2-4-20(21(15-18)38-11-9-37(10-12-38)8-5-27(31,32)33)36-24(39)19-3-1-17(22(29)23(19)30)16-35-25(40)26(34)6-13-43(41,42)14-7-26/h1-4,15H,5-14,16,34H2,(H,35,40)(H,36,39). The van der Waals surface area contributed by atoms with E-state index in [-0.39, 0.29) is 42.1 Å². The predicted octanol–water partition coefficient (Wildman–Crippen LogP) is 3.47. The van der Waals surface area contributed by atoms with Crippen molar-refractivity contribution in [3.63, 3.8) is 0 Å². The zero-order valence-corrected chi connectivity index (χ0v) is 24.5. The molecule has 4 N–H and O–H groups in total. The summed E-state index contributed by atoms with van der Waals surface area (Å²) >= 11 is 6.16. The molecule has 0 aromatic heterocycles. The summed E-state index contributed by atoms with van der Waals surface area (Å²) in [5, 5.41) is 5.31.